The molecule has 1 aromatic heterocycles. The second-order valence-corrected chi connectivity index (χ2v) is 6.26. The third-order valence-corrected chi connectivity index (χ3v) is 4.18. The van der Waals surface area contributed by atoms with E-state index in [2.05, 4.69) is 15.7 Å². The van der Waals surface area contributed by atoms with Crippen LogP contribution in [0.1, 0.15) is 5.82 Å². The molecule has 0 spiro atoms. The van der Waals surface area contributed by atoms with E-state index in [4.69, 9.17) is 35.0 Å². The molecule has 0 saturated heterocycles. The number of carboxylic acids is 1. The molecule has 0 saturated carbocycles. The summed E-state index contributed by atoms with van der Waals surface area (Å²) in [4.78, 5) is 8.78. The third kappa shape index (κ3) is 8.11. The van der Waals surface area contributed by atoms with Gasteiger partial charge in [-0.05, 0) is 12.1 Å². The molecule has 0 aliphatic heterocycles. The van der Waals surface area contributed by atoms with Gasteiger partial charge in [0, 0.05) is 6.07 Å². The average molecular weight is 463 g/mol. The van der Waals surface area contributed by atoms with Crippen LogP contribution in [0, 0.1) is 0 Å². The zero-order chi connectivity index (χ0) is 24.1. The molecule has 0 atom stereocenters. The van der Waals surface area contributed by atoms with Gasteiger partial charge in [0.1, 0.15) is 24.8 Å². The first-order valence-corrected chi connectivity index (χ1v) is 9.65. The molecule has 0 fully saturated rings. The zero-order valence-corrected chi connectivity index (χ0v) is 17.8. The Hall–Kier alpha value is -2.67. The van der Waals surface area contributed by atoms with E-state index in [0.29, 0.717) is 46.1 Å². The maximum absolute atomic E-state index is 10.5. The lowest BCUT2D eigenvalue weighted by molar-refractivity contribution is -0.681. The van der Waals surface area contributed by atoms with Gasteiger partial charge in [-0.25, -0.2) is 9.13 Å². The average Bonchev–Trinajstić information content (AvgIpc) is 3.05. The van der Waals surface area contributed by atoms with Gasteiger partial charge in [0.25, 0.3) is 5.82 Å². The van der Waals surface area contributed by atoms with Gasteiger partial charge in [-0.2, -0.15) is 13.2 Å². The number of ether oxygens (including phenoxy) is 3. The molecule has 180 valence electrons. The summed E-state index contributed by atoms with van der Waals surface area (Å²) in [5.74, 6) is -1.18. The number of fused-ring (bicyclic) bond motifs is 1. The van der Waals surface area contributed by atoms with Crippen LogP contribution in [0.2, 0.25) is 0 Å². The van der Waals surface area contributed by atoms with Crippen molar-refractivity contribution in [3.8, 4) is 5.75 Å². The number of allylic oxidation sites excluding steroid dienone is 1. The van der Waals surface area contributed by atoms with Crippen molar-refractivity contribution in [2.75, 3.05) is 40.1 Å². The second kappa shape index (κ2) is 13.7. The lowest BCUT2D eigenvalue weighted by Crippen LogP contribution is -2.41. The molecule has 12 heteroatoms. The topological polar surface area (TPSA) is 123 Å². The Morgan fingerprint density at radius 2 is 1.91 bits per heavy atom. The molecular formula is C20H28F3N3O6. The summed E-state index contributed by atoms with van der Waals surface area (Å²) in [6.45, 7) is 7.54. The molecule has 1 heterocycles. The Balaban J connectivity index is 0.000000633. The van der Waals surface area contributed by atoms with Crippen LogP contribution in [-0.4, -0.2) is 62.0 Å². The highest BCUT2D eigenvalue weighted by molar-refractivity contribution is 5.74. The predicted octanol–water partition coefficient (Wildman–Crippen LogP) is -0.0938. The summed E-state index contributed by atoms with van der Waals surface area (Å²) in [6.07, 6.45) is -3.34. The van der Waals surface area contributed by atoms with Crippen molar-refractivity contribution in [2.24, 2.45) is 5.73 Å². The third-order valence-electron chi connectivity index (χ3n) is 4.18. The van der Waals surface area contributed by atoms with Crippen LogP contribution < -0.4 is 20.1 Å². The first-order chi connectivity index (χ1) is 15.2. The summed E-state index contributed by atoms with van der Waals surface area (Å²) in [5, 5.41) is 17.4. The van der Waals surface area contributed by atoms with E-state index in [1.165, 1.54) is 0 Å². The van der Waals surface area contributed by atoms with Crippen LogP contribution in [0.3, 0.4) is 0 Å². The quantitative estimate of drug-likeness (QED) is 0.256. The predicted molar refractivity (Wildman–Crippen MR) is 107 cm³/mol. The van der Waals surface area contributed by atoms with Crippen LogP contribution in [0.4, 0.5) is 13.2 Å². The summed E-state index contributed by atoms with van der Waals surface area (Å²) in [7, 11) is 1.66. The van der Waals surface area contributed by atoms with E-state index in [-0.39, 0.29) is 6.61 Å². The normalized spacial score (nSPS) is 11.2. The number of benzene rings is 1. The second-order valence-electron chi connectivity index (χ2n) is 6.26. The van der Waals surface area contributed by atoms with Crippen LogP contribution in [0.15, 0.2) is 30.9 Å². The molecule has 32 heavy (non-hydrogen) atoms. The highest BCUT2D eigenvalue weighted by atomic mass is 19.4. The van der Waals surface area contributed by atoms with Crippen LogP contribution in [0.25, 0.3) is 11.0 Å². The number of alkyl halides is 3. The van der Waals surface area contributed by atoms with Crippen molar-refractivity contribution in [1.82, 2.24) is 4.57 Å². The molecule has 0 aliphatic carbocycles. The largest absolute Gasteiger partial charge is 0.542 e. The van der Waals surface area contributed by atoms with Gasteiger partial charge in [-0.3, -0.25) is 0 Å². The van der Waals surface area contributed by atoms with E-state index < -0.39 is 12.1 Å². The Morgan fingerprint density at radius 1 is 1.28 bits per heavy atom. The molecule has 0 amide bonds. The van der Waals surface area contributed by atoms with E-state index in [1.54, 1.807) is 7.11 Å². The van der Waals surface area contributed by atoms with Crippen molar-refractivity contribution in [1.29, 1.82) is 0 Å². The highest BCUT2D eigenvalue weighted by Crippen LogP contribution is 2.21. The van der Waals surface area contributed by atoms with E-state index in [9.17, 15) is 13.2 Å². The number of rotatable bonds is 12. The number of aliphatic carboxylic acids is 1. The van der Waals surface area contributed by atoms with E-state index in [0.717, 1.165) is 22.6 Å². The molecule has 0 radical (unpaired) electrons. The van der Waals surface area contributed by atoms with Gasteiger partial charge in [0.15, 0.2) is 11.0 Å². The number of aromatic nitrogens is 2. The fourth-order valence-electron chi connectivity index (χ4n) is 2.84. The molecule has 0 bridgehead atoms. The Morgan fingerprint density at radius 3 is 2.41 bits per heavy atom. The number of aliphatic hydroxyl groups is 1. The molecule has 1 aromatic carbocycles. The first kappa shape index (κ1) is 27.4. The number of nitrogens with two attached hydrogens (primary N) is 1. The fourth-order valence-corrected chi connectivity index (χ4v) is 2.84. The van der Waals surface area contributed by atoms with Crippen molar-refractivity contribution in [3.05, 3.63) is 36.7 Å². The molecular weight excluding hydrogens is 435 g/mol. The minimum absolute atomic E-state index is 0.0297. The maximum Gasteiger partial charge on any atom is 0.430 e. The first-order valence-electron chi connectivity index (χ1n) is 9.65. The molecule has 2 rings (SSSR count). The minimum Gasteiger partial charge on any atom is -0.542 e. The SMILES string of the molecule is C=CCn1c(CN)[n+](CCOCCOCCO)c2ccc(OC)cc21.O=C([O-])C(F)(F)F. The molecule has 2 aromatic rings. The smallest absolute Gasteiger partial charge is 0.430 e. The number of carboxylic acid groups (broad SMARTS) is 1. The monoisotopic (exact) mass is 463 g/mol. The Bertz CT molecular complexity index is 870. The number of methoxy groups -OCH3 is 1. The van der Waals surface area contributed by atoms with Crippen molar-refractivity contribution in [3.63, 3.8) is 0 Å². The molecule has 0 aliphatic rings. The Kier molecular flexibility index (Phi) is 11.7. The number of aliphatic hydroxyl groups excluding tert-OH is 1. The number of carbonyl (C=O) groups is 1. The number of halogens is 3. The van der Waals surface area contributed by atoms with Gasteiger partial charge in [0.05, 0.1) is 46.7 Å². The van der Waals surface area contributed by atoms with E-state index in [1.807, 2.05) is 24.3 Å². The lowest BCUT2D eigenvalue weighted by Gasteiger charge is -2.05. The van der Waals surface area contributed by atoms with Crippen molar-refractivity contribution >= 4 is 17.0 Å². The van der Waals surface area contributed by atoms with Crippen LogP contribution in [0.5, 0.6) is 5.75 Å². The standard InChI is InChI=1S/C18H28N3O4.C2HF3O2/c1-3-6-20-17-13-15(23-2)4-5-16(17)21(18(20)14-19)7-9-24-11-12-25-10-8-22;3-2(4,5)1(6)7/h3-5,13,22H,1,6-12,14,19H2,2H3;(H,6,7)/q+1;/p-1. The van der Waals surface area contributed by atoms with Crippen molar-refractivity contribution < 1.29 is 47.0 Å². The molecule has 9 nitrogen and oxygen atoms in total. The zero-order valence-electron chi connectivity index (χ0n) is 17.8. The van der Waals surface area contributed by atoms with Crippen LogP contribution >= 0.6 is 0 Å². The highest BCUT2D eigenvalue weighted by Gasteiger charge is 2.28. The van der Waals surface area contributed by atoms with Crippen molar-refractivity contribution in [2.45, 2.75) is 25.8 Å². The van der Waals surface area contributed by atoms with Gasteiger partial charge >= 0.3 is 6.18 Å². The summed E-state index contributed by atoms with van der Waals surface area (Å²) >= 11 is 0. The maximum atomic E-state index is 10.5. The lowest BCUT2D eigenvalue weighted by atomic mass is 10.3. The van der Waals surface area contributed by atoms with Gasteiger partial charge in [-0.1, -0.05) is 12.7 Å². The number of hydrogen-bond acceptors (Lipinski definition) is 7. The van der Waals surface area contributed by atoms with Gasteiger partial charge in [-0.15, -0.1) is 0 Å². The van der Waals surface area contributed by atoms with Gasteiger partial charge in [0.2, 0.25) is 0 Å². The number of carbonyl (C=O) groups excluding carboxylic acids is 1. The summed E-state index contributed by atoms with van der Waals surface area (Å²) < 4.78 is 52.0. The van der Waals surface area contributed by atoms with E-state index >= 15 is 0 Å². The number of hydrogen-bond donors (Lipinski definition) is 2. The number of imidazole rings is 1. The molecule has 3 N–H and O–H groups in total. The van der Waals surface area contributed by atoms with Crippen LogP contribution in [-0.2, 0) is 33.9 Å². The summed E-state index contributed by atoms with van der Waals surface area (Å²) in [6, 6.07) is 6.00. The molecule has 0 unspecified atom stereocenters. The Labute approximate surface area is 183 Å². The van der Waals surface area contributed by atoms with Gasteiger partial charge < -0.3 is 35.0 Å². The minimum atomic E-state index is -5.19. The number of nitrogens with zero attached hydrogens (tertiary/aromatic N) is 2. The summed E-state index contributed by atoms with van der Waals surface area (Å²) in [5.41, 5.74) is 8.16. The fraction of sp³-hybridized carbons (Fsp3) is 0.500.